The van der Waals surface area contributed by atoms with Gasteiger partial charge in [-0.05, 0) is 110 Å². The molecule has 56 heavy (non-hydrogen) atoms. The number of rotatable bonds is 4. The van der Waals surface area contributed by atoms with Gasteiger partial charge in [0.05, 0.1) is 17.4 Å². The van der Waals surface area contributed by atoms with Gasteiger partial charge >= 0.3 is 0 Å². The lowest BCUT2D eigenvalue weighted by molar-refractivity contribution is 0.635. The van der Waals surface area contributed by atoms with E-state index in [1.807, 2.05) is 0 Å². The molecule has 7 aromatic carbocycles. The SMILES string of the molecule is C1=CC2C=CC3=C(CCC=C3)N(c3ccc4c(-c5ccccc5)c5ccc(N6c7ccccc7C=Cc7ccccc76)cc5c(-c5ccccc5)c4c3)C2C=C1. The molecular weight excluding hydrogens is 677 g/mol. The first-order valence-electron chi connectivity index (χ1n) is 19.8. The predicted octanol–water partition coefficient (Wildman–Crippen LogP) is 14.4. The Kier molecular flexibility index (Phi) is 7.81. The average molecular weight is 717 g/mol. The van der Waals surface area contributed by atoms with E-state index >= 15 is 0 Å². The molecular formula is C54H40N2. The van der Waals surface area contributed by atoms with Crippen molar-refractivity contribution in [3.8, 4) is 22.3 Å². The van der Waals surface area contributed by atoms with Gasteiger partial charge in [-0.3, -0.25) is 0 Å². The van der Waals surface area contributed by atoms with Crippen molar-refractivity contribution in [1.29, 1.82) is 0 Å². The standard InChI is InChI=1S/C54H40N2/c1-3-19-41(20-4-1)53-45-33-31-43(55-49-23-11-7-15-37(49)27-28-38-16-8-12-24-50(38)55)35-47(45)54(42-21-5-2-6-22-42)48-36-44(32-34-46(48)53)56-51-25-13-9-17-39(51)29-30-40-18-10-14-26-52(40)56/h1-13,15-25,27-36,39,51H,14,26H2. The van der Waals surface area contributed by atoms with Crippen LogP contribution in [-0.2, 0) is 0 Å². The first-order chi connectivity index (χ1) is 27.8. The predicted molar refractivity (Wildman–Crippen MR) is 239 cm³/mol. The number of allylic oxidation sites excluding steroid dienone is 7. The van der Waals surface area contributed by atoms with Gasteiger partial charge in [0, 0.05) is 23.0 Å². The number of fused-ring (bicyclic) bond motifs is 5. The lowest BCUT2D eigenvalue weighted by atomic mass is 9.85. The number of para-hydroxylation sites is 2. The van der Waals surface area contributed by atoms with Crippen LogP contribution in [0.5, 0.6) is 0 Å². The Morgan fingerprint density at radius 2 is 1.04 bits per heavy atom. The van der Waals surface area contributed by atoms with E-state index in [4.69, 9.17) is 0 Å². The Hall–Kier alpha value is -6.90. The summed E-state index contributed by atoms with van der Waals surface area (Å²) in [5, 5.41) is 5.00. The molecule has 7 aromatic rings. The van der Waals surface area contributed by atoms with Crippen molar-refractivity contribution in [3.63, 3.8) is 0 Å². The summed E-state index contributed by atoms with van der Waals surface area (Å²) >= 11 is 0. The van der Waals surface area contributed by atoms with E-state index < -0.39 is 0 Å². The Bertz CT molecular complexity index is 2820. The monoisotopic (exact) mass is 716 g/mol. The van der Waals surface area contributed by atoms with Crippen molar-refractivity contribution in [2.45, 2.75) is 18.9 Å². The zero-order chi connectivity index (χ0) is 37.0. The molecule has 0 saturated carbocycles. The summed E-state index contributed by atoms with van der Waals surface area (Å²) in [7, 11) is 0. The average Bonchev–Trinajstić information content (AvgIpc) is 3.54. The van der Waals surface area contributed by atoms with E-state index in [9.17, 15) is 0 Å². The maximum absolute atomic E-state index is 2.64. The number of hydrogen-bond acceptors (Lipinski definition) is 2. The highest BCUT2D eigenvalue weighted by molar-refractivity contribution is 6.22. The summed E-state index contributed by atoms with van der Waals surface area (Å²) in [6.45, 7) is 0. The summed E-state index contributed by atoms with van der Waals surface area (Å²) in [6.07, 6.45) is 25.1. The van der Waals surface area contributed by atoms with E-state index in [1.165, 1.54) is 83.3 Å². The van der Waals surface area contributed by atoms with Gasteiger partial charge in [0.25, 0.3) is 0 Å². The number of anilines is 4. The van der Waals surface area contributed by atoms with E-state index in [0.29, 0.717) is 0 Å². The van der Waals surface area contributed by atoms with Gasteiger partial charge in [-0.15, -0.1) is 0 Å². The van der Waals surface area contributed by atoms with Crippen LogP contribution in [0.25, 0.3) is 56.0 Å². The molecule has 11 rings (SSSR count). The molecule has 4 aliphatic rings. The van der Waals surface area contributed by atoms with Gasteiger partial charge in [0.15, 0.2) is 0 Å². The van der Waals surface area contributed by atoms with E-state index in [2.05, 4.69) is 216 Å². The quantitative estimate of drug-likeness (QED) is 0.167. The zero-order valence-electron chi connectivity index (χ0n) is 31.1. The van der Waals surface area contributed by atoms with E-state index in [0.717, 1.165) is 18.5 Å². The molecule has 0 fully saturated rings. The van der Waals surface area contributed by atoms with Crippen molar-refractivity contribution in [2.24, 2.45) is 5.92 Å². The molecule has 0 N–H and O–H groups in total. The highest BCUT2D eigenvalue weighted by atomic mass is 15.2. The second-order valence-electron chi connectivity index (χ2n) is 15.1. The van der Waals surface area contributed by atoms with Crippen LogP contribution in [0.1, 0.15) is 24.0 Å². The molecule has 2 aliphatic carbocycles. The summed E-state index contributed by atoms with van der Waals surface area (Å²) in [5.41, 5.74) is 14.8. The maximum atomic E-state index is 2.64. The van der Waals surface area contributed by atoms with E-state index in [-0.39, 0.29) is 12.0 Å². The fraction of sp³-hybridized carbons (Fsp3) is 0.0741. The second-order valence-corrected chi connectivity index (χ2v) is 15.1. The lowest BCUT2D eigenvalue weighted by Crippen LogP contribution is -2.38. The number of benzene rings is 7. The highest BCUT2D eigenvalue weighted by Gasteiger charge is 2.31. The van der Waals surface area contributed by atoms with Gasteiger partial charge in [-0.1, -0.05) is 170 Å². The smallest absolute Gasteiger partial charge is 0.0619 e. The molecule has 0 radical (unpaired) electrons. The van der Waals surface area contributed by atoms with Crippen LogP contribution in [0.4, 0.5) is 22.7 Å². The topological polar surface area (TPSA) is 6.48 Å². The van der Waals surface area contributed by atoms with Crippen molar-refractivity contribution in [2.75, 3.05) is 9.80 Å². The minimum atomic E-state index is 0.199. The minimum Gasteiger partial charge on any atom is -0.337 e. The molecule has 2 atom stereocenters. The Morgan fingerprint density at radius 1 is 0.464 bits per heavy atom. The minimum absolute atomic E-state index is 0.199. The van der Waals surface area contributed by atoms with Crippen molar-refractivity contribution in [1.82, 2.24) is 0 Å². The third-order valence-corrected chi connectivity index (χ3v) is 12.0. The number of hydrogen-bond donors (Lipinski definition) is 0. The molecule has 2 heterocycles. The molecule has 2 heteroatoms. The van der Waals surface area contributed by atoms with Crippen molar-refractivity contribution in [3.05, 3.63) is 217 Å². The highest BCUT2D eigenvalue weighted by Crippen LogP contribution is 2.49. The Labute approximate surface area is 328 Å². The fourth-order valence-corrected chi connectivity index (χ4v) is 9.43. The summed E-state index contributed by atoms with van der Waals surface area (Å²) in [4.78, 5) is 5.08. The zero-order valence-corrected chi connectivity index (χ0v) is 31.1. The third-order valence-electron chi connectivity index (χ3n) is 12.0. The first-order valence-corrected chi connectivity index (χ1v) is 19.8. The lowest BCUT2D eigenvalue weighted by Gasteiger charge is -2.38. The van der Waals surface area contributed by atoms with Crippen LogP contribution < -0.4 is 9.80 Å². The molecule has 0 spiro atoms. The van der Waals surface area contributed by atoms with Gasteiger partial charge < -0.3 is 9.80 Å². The fourth-order valence-electron chi connectivity index (χ4n) is 9.43. The van der Waals surface area contributed by atoms with Crippen LogP contribution in [-0.4, -0.2) is 6.04 Å². The molecule has 0 saturated heterocycles. The maximum Gasteiger partial charge on any atom is 0.0619 e. The first kappa shape index (κ1) is 32.5. The largest absolute Gasteiger partial charge is 0.337 e. The molecule has 2 nitrogen and oxygen atoms in total. The molecule has 2 unspecified atom stereocenters. The second kappa shape index (κ2) is 13.4. The molecule has 0 amide bonds. The van der Waals surface area contributed by atoms with Crippen LogP contribution in [0.3, 0.4) is 0 Å². The number of nitrogens with zero attached hydrogens (tertiary/aromatic N) is 2. The van der Waals surface area contributed by atoms with Gasteiger partial charge in [0.2, 0.25) is 0 Å². The van der Waals surface area contributed by atoms with Crippen LogP contribution in [0.15, 0.2) is 205 Å². The Morgan fingerprint density at radius 3 is 1.71 bits per heavy atom. The molecule has 266 valence electrons. The van der Waals surface area contributed by atoms with Crippen LogP contribution in [0.2, 0.25) is 0 Å². The summed E-state index contributed by atoms with van der Waals surface area (Å²) < 4.78 is 0. The summed E-state index contributed by atoms with van der Waals surface area (Å²) in [5.74, 6) is 0.288. The van der Waals surface area contributed by atoms with Crippen molar-refractivity contribution < 1.29 is 0 Å². The summed E-state index contributed by atoms with van der Waals surface area (Å²) in [6, 6.07) is 54.1. The van der Waals surface area contributed by atoms with Gasteiger partial charge in [0.1, 0.15) is 0 Å². The molecule has 0 aromatic heterocycles. The molecule has 0 bridgehead atoms. The van der Waals surface area contributed by atoms with Crippen LogP contribution >= 0.6 is 0 Å². The Balaban J connectivity index is 1.23. The normalized spacial score (nSPS) is 18.1. The third kappa shape index (κ3) is 5.33. The van der Waals surface area contributed by atoms with Gasteiger partial charge in [-0.25, -0.2) is 0 Å². The van der Waals surface area contributed by atoms with Gasteiger partial charge in [-0.2, -0.15) is 0 Å². The van der Waals surface area contributed by atoms with Crippen LogP contribution in [0, 0.1) is 5.92 Å². The van der Waals surface area contributed by atoms with E-state index in [1.54, 1.807) is 0 Å². The molecule has 2 aliphatic heterocycles. The van der Waals surface area contributed by atoms with Crippen molar-refractivity contribution >= 4 is 56.4 Å².